The molecule has 1 aromatic carbocycles. The van der Waals surface area contributed by atoms with Crippen molar-refractivity contribution in [1.29, 1.82) is 0 Å². The van der Waals surface area contributed by atoms with E-state index in [0.717, 1.165) is 23.5 Å². The first-order valence-corrected chi connectivity index (χ1v) is 6.52. The molecular formula is C14H16ClN3O2. The normalized spacial score (nSPS) is 10.2. The maximum Gasteiger partial charge on any atom is 0.160 e. The van der Waals surface area contributed by atoms with E-state index >= 15 is 0 Å². The van der Waals surface area contributed by atoms with Gasteiger partial charge in [0.15, 0.2) is 11.5 Å². The van der Waals surface area contributed by atoms with Crippen molar-refractivity contribution in [3.63, 3.8) is 0 Å². The van der Waals surface area contributed by atoms with Gasteiger partial charge in [0.1, 0.15) is 17.2 Å². The molecule has 6 heteroatoms. The van der Waals surface area contributed by atoms with E-state index in [-0.39, 0.29) is 0 Å². The van der Waals surface area contributed by atoms with Gasteiger partial charge in [0.2, 0.25) is 0 Å². The van der Waals surface area contributed by atoms with Crippen LogP contribution in [0.5, 0.6) is 11.5 Å². The standard InChI is InChI=1S/C14H16ClN3O2/c1-19-12-4-3-10(7-13(12)20-2)5-6-17-14-11(15)8-16-9-18-14/h3-4,7-9H,5-6H2,1-2H3,(H,16,17,18). The second kappa shape index (κ2) is 6.96. The molecule has 0 atom stereocenters. The molecule has 2 rings (SSSR count). The Labute approximate surface area is 122 Å². The molecule has 0 aliphatic carbocycles. The van der Waals surface area contributed by atoms with Crippen LogP contribution < -0.4 is 14.8 Å². The lowest BCUT2D eigenvalue weighted by atomic mass is 10.1. The molecular weight excluding hydrogens is 278 g/mol. The lowest BCUT2D eigenvalue weighted by Crippen LogP contribution is -2.07. The molecule has 0 unspecified atom stereocenters. The number of methoxy groups -OCH3 is 2. The first kappa shape index (κ1) is 14.4. The van der Waals surface area contributed by atoms with Gasteiger partial charge in [-0.25, -0.2) is 9.97 Å². The molecule has 0 aliphatic rings. The lowest BCUT2D eigenvalue weighted by molar-refractivity contribution is 0.354. The number of hydrogen-bond donors (Lipinski definition) is 1. The van der Waals surface area contributed by atoms with Crippen molar-refractivity contribution in [1.82, 2.24) is 9.97 Å². The van der Waals surface area contributed by atoms with Crippen molar-refractivity contribution in [2.75, 3.05) is 26.1 Å². The Hall–Kier alpha value is -2.01. The van der Waals surface area contributed by atoms with Gasteiger partial charge in [0.25, 0.3) is 0 Å². The zero-order valence-electron chi connectivity index (χ0n) is 11.4. The van der Waals surface area contributed by atoms with Gasteiger partial charge in [0.05, 0.1) is 20.4 Å². The van der Waals surface area contributed by atoms with Crippen molar-refractivity contribution in [2.45, 2.75) is 6.42 Å². The molecule has 0 saturated heterocycles. The third-order valence-electron chi connectivity index (χ3n) is 2.82. The molecule has 1 aromatic heterocycles. The largest absolute Gasteiger partial charge is 0.493 e. The van der Waals surface area contributed by atoms with Crippen molar-refractivity contribution >= 4 is 17.4 Å². The molecule has 20 heavy (non-hydrogen) atoms. The molecule has 5 nitrogen and oxygen atoms in total. The summed E-state index contributed by atoms with van der Waals surface area (Å²) in [5.74, 6) is 2.09. The van der Waals surface area contributed by atoms with E-state index in [2.05, 4.69) is 15.3 Å². The number of hydrogen-bond acceptors (Lipinski definition) is 5. The van der Waals surface area contributed by atoms with Crippen LogP contribution in [0.3, 0.4) is 0 Å². The van der Waals surface area contributed by atoms with Gasteiger partial charge in [0, 0.05) is 6.54 Å². The van der Waals surface area contributed by atoms with Crippen LogP contribution in [0.15, 0.2) is 30.7 Å². The van der Waals surface area contributed by atoms with Crippen LogP contribution in [0.25, 0.3) is 0 Å². The second-order valence-corrected chi connectivity index (χ2v) is 4.49. The molecule has 0 amide bonds. The summed E-state index contributed by atoms with van der Waals surface area (Å²) >= 11 is 5.97. The Balaban J connectivity index is 1.96. The van der Waals surface area contributed by atoms with E-state index in [1.165, 1.54) is 6.33 Å². The Morgan fingerprint density at radius 2 is 2.00 bits per heavy atom. The van der Waals surface area contributed by atoms with Crippen LogP contribution in [-0.4, -0.2) is 30.7 Å². The Morgan fingerprint density at radius 1 is 1.20 bits per heavy atom. The number of ether oxygens (including phenoxy) is 2. The van der Waals surface area contributed by atoms with Gasteiger partial charge in [-0.05, 0) is 24.1 Å². The van der Waals surface area contributed by atoms with Gasteiger partial charge in [-0.2, -0.15) is 0 Å². The van der Waals surface area contributed by atoms with Gasteiger partial charge in [-0.3, -0.25) is 0 Å². The molecule has 106 valence electrons. The summed E-state index contributed by atoms with van der Waals surface area (Å²) in [7, 11) is 3.25. The number of rotatable bonds is 6. The minimum absolute atomic E-state index is 0.514. The average molecular weight is 294 g/mol. The highest BCUT2D eigenvalue weighted by atomic mass is 35.5. The van der Waals surface area contributed by atoms with Crippen LogP contribution in [0, 0.1) is 0 Å². The van der Waals surface area contributed by atoms with Crippen molar-refractivity contribution in [2.24, 2.45) is 0 Å². The zero-order valence-corrected chi connectivity index (χ0v) is 12.1. The Morgan fingerprint density at radius 3 is 2.70 bits per heavy atom. The topological polar surface area (TPSA) is 56.3 Å². The summed E-state index contributed by atoms with van der Waals surface area (Å²) in [5.41, 5.74) is 1.14. The number of benzene rings is 1. The second-order valence-electron chi connectivity index (χ2n) is 4.09. The molecule has 0 aliphatic heterocycles. The Kier molecular flexibility index (Phi) is 5.01. The number of nitrogens with zero attached hydrogens (tertiary/aromatic N) is 2. The fourth-order valence-electron chi connectivity index (χ4n) is 1.80. The van der Waals surface area contributed by atoms with Gasteiger partial charge in [-0.1, -0.05) is 17.7 Å². The highest BCUT2D eigenvalue weighted by Crippen LogP contribution is 2.27. The summed E-state index contributed by atoms with van der Waals surface area (Å²) in [5, 5.41) is 3.69. The molecule has 2 aromatic rings. The van der Waals surface area contributed by atoms with E-state index in [1.54, 1.807) is 20.4 Å². The lowest BCUT2D eigenvalue weighted by Gasteiger charge is -2.10. The maximum absolute atomic E-state index is 5.97. The molecule has 1 N–H and O–H groups in total. The first-order valence-electron chi connectivity index (χ1n) is 6.15. The molecule has 0 spiro atoms. The van der Waals surface area contributed by atoms with Crippen molar-refractivity contribution < 1.29 is 9.47 Å². The molecule has 1 heterocycles. The van der Waals surface area contributed by atoms with Gasteiger partial charge in [-0.15, -0.1) is 0 Å². The van der Waals surface area contributed by atoms with E-state index in [4.69, 9.17) is 21.1 Å². The van der Waals surface area contributed by atoms with Gasteiger partial charge >= 0.3 is 0 Å². The average Bonchev–Trinajstić information content (AvgIpc) is 2.49. The van der Waals surface area contributed by atoms with Crippen molar-refractivity contribution in [3.8, 4) is 11.5 Å². The summed E-state index contributed by atoms with van der Waals surface area (Å²) in [6, 6.07) is 5.86. The molecule has 0 bridgehead atoms. The third kappa shape index (κ3) is 3.51. The monoisotopic (exact) mass is 293 g/mol. The van der Waals surface area contributed by atoms with Gasteiger partial charge < -0.3 is 14.8 Å². The van der Waals surface area contributed by atoms with Crippen LogP contribution in [0.1, 0.15) is 5.56 Å². The predicted molar refractivity (Wildman–Crippen MR) is 78.8 cm³/mol. The highest BCUT2D eigenvalue weighted by molar-refractivity contribution is 6.32. The van der Waals surface area contributed by atoms with Crippen LogP contribution in [0.4, 0.5) is 5.82 Å². The van der Waals surface area contributed by atoms with E-state index < -0.39 is 0 Å². The van der Waals surface area contributed by atoms with E-state index in [0.29, 0.717) is 17.4 Å². The minimum Gasteiger partial charge on any atom is -0.493 e. The molecule has 0 fully saturated rings. The SMILES string of the molecule is COc1ccc(CCNc2ncncc2Cl)cc1OC. The maximum atomic E-state index is 5.97. The third-order valence-corrected chi connectivity index (χ3v) is 3.10. The van der Waals surface area contributed by atoms with E-state index in [9.17, 15) is 0 Å². The quantitative estimate of drug-likeness (QED) is 0.887. The zero-order chi connectivity index (χ0) is 14.4. The summed E-state index contributed by atoms with van der Waals surface area (Å²) in [6.07, 6.45) is 3.85. The number of anilines is 1. The minimum atomic E-state index is 0.514. The summed E-state index contributed by atoms with van der Waals surface area (Å²) in [4.78, 5) is 7.91. The number of halogens is 1. The smallest absolute Gasteiger partial charge is 0.160 e. The van der Waals surface area contributed by atoms with Crippen molar-refractivity contribution in [3.05, 3.63) is 41.3 Å². The first-order chi connectivity index (χ1) is 9.74. The highest BCUT2D eigenvalue weighted by Gasteiger charge is 2.05. The summed E-state index contributed by atoms with van der Waals surface area (Å²) in [6.45, 7) is 0.715. The van der Waals surface area contributed by atoms with Crippen LogP contribution >= 0.6 is 11.6 Å². The summed E-state index contributed by atoms with van der Waals surface area (Å²) < 4.78 is 10.5. The number of nitrogens with one attached hydrogen (secondary N) is 1. The predicted octanol–water partition coefficient (Wildman–Crippen LogP) is 2.80. The number of aromatic nitrogens is 2. The fourth-order valence-corrected chi connectivity index (χ4v) is 1.98. The molecule has 0 radical (unpaired) electrons. The fraction of sp³-hybridized carbons (Fsp3) is 0.286. The van der Waals surface area contributed by atoms with Crippen LogP contribution in [-0.2, 0) is 6.42 Å². The van der Waals surface area contributed by atoms with Crippen LogP contribution in [0.2, 0.25) is 5.02 Å². The Bertz CT molecular complexity index is 578. The molecule has 0 saturated carbocycles. The van der Waals surface area contributed by atoms with E-state index in [1.807, 2.05) is 18.2 Å².